The number of ether oxygens (including phenoxy) is 1. The molecule has 11 heteroatoms. The molecule has 1 aromatic rings. The number of rotatable bonds is 7. The van der Waals surface area contributed by atoms with E-state index in [-0.39, 0.29) is 43.3 Å². The number of carbonyl (C=O) groups is 1. The third kappa shape index (κ3) is 5.65. The van der Waals surface area contributed by atoms with Crippen molar-refractivity contribution in [2.75, 3.05) is 32.0 Å². The number of nitrogens with zero attached hydrogens (tertiary/aromatic N) is 1. The minimum absolute atomic E-state index is 0. The normalized spacial score (nSPS) is 20.1. The Bertz CT molecular complexity index is 703. The average Bonchev–Trinajstić information content (AvgIpc) is 3.05. The van der Waals surface area contributed by atoms with Gasteiger partial charge in [0.05, 0.1) is 11.9 Å². The molecule has 0 bridgehead atoms. The minimum atomic E-state index is -3.45. The summed E-state index contributed by atoms with van der Waals surface area (Å²) in [4.78, 5) is 12.2. The van der Waals surface area contributed by atoms with E-state index in [0.717, 1.165) is 43.5 Å². The van der Waals surface area contributed by atoms with Crippen LogP contribution in [0, 0.1) is 0 Å². The summed E-state index contributed by atoms with van der Waals surface area (Å²) in [6, 6.07) is 0. The quantitative estimate of drug-likeness (QED) is 0.491. The molecule has 1 saturated heterocycles. The lowest BCUT2D eigenvalue weighted by Gasteiger charge is -2.22. The van der Waals surface area contributed by atoms with Crippen LogP contribution < -0.4 is 15.4 Å². The fourth-order valence-corrected chi connectivity index (χ4v) is 4.01. The number of aromatic nitrogens is 2. The maximum absolute atomic E-state index is 12.2. The zero-order chi connectivity index (χ0) is 17.7. The molecular weight excluding hydrogens is 382 g/mol. The highest BCUT2D eigenvalue weighted by molar-refractivity contribution is 7.89. The molecule has 1 fully saturated rings. The first-order valence-electron chi connectivity index (χ1n) is 8.69. The Morgan fingerprint density at radius 1 is 1.35 bits per heavy atom. The molecule has 0 spiro atoms. The SMILES string of the molecule is Cl.O=C(NCCS(=O)(=O)NCC1CCCCO1)c1n[nH]c2c1CNCC2. The van der Waals surface area contributed by atoms with Crippen LogP contribution in [0.25, 0.3) is 0 Å². The Kier molecular flexibility index (Phi) is 7.84. The summed E-state index contributed by atoms with van der Waals surface area (Å²) in [5.74, 6) is -0.525. The smallest absolute Gasteiger partial charge is 0.272 e. The molecule has 0 radical (unpaired) electrons. The molecule has 3 heterocycles. The first-order chi connectivity index (χ1) is 12.1. The number of halogens is 1. The van der Waals surface area contributed by atoms with Crippen molar-refractivity contribution < 1.29 is 17.9 Å². The molecule has 2 aliphatic heterocycles. The van der Waals surface area contributed by atoms with Crippen LogP contribution in [0.2, 0.25) is 0 Å². The van der Waals surface area contributed by atoms with Crippen molar-refractivity contribution in [3.63, 3.8) is 0 Å². The average molecular weight is 408 g/mol. The lowest BCUT2D eigenvalue weighted by molar-refractivity contribution is 0.0200. The second kappa shape index (κ2) is 9.65. The van der Waals surface area contributed by atoms with Gasteiger partial charge in [-0.1, -0.05) is 0 Å². The Morgan fingerprint density at radius 2 is 2.19 bits per heavy atom. The van der Waals surface area contributed by atoms with Crippen LogP contribution in [0.5, 0.6) is 0 Å². The van der Waals surface area contributed by atoms with Gasteiger partial charge in [0.25, 0.3) is 5.91 Å². The van der Waals surface area contributed by atoms with Crippen molar-refractivity contribution in [2.45, 2.75) is 38.3 Å². The third-order valence-corrected chi connectivity index (χ3v) is 5.83. The van der Waals surface area contributed by atoms with Crippen LogP contribution in [0.15, 0.2) is 0 Å². The summed E-state index contributed by atoms with van der Waals surface area (Å²) in [6.07, 6.45) is 3.71. The summed E-state index contributed by atoms with van der Waals surface area (Å²) in [6.45, 7) is 2.45. The highest BCUT2D eigenvalue weighted by Gasteiger charge is 2.22. The van der Waals surface area contributed by atoms with Gasteiger partial charge >= 0.3 is 0 Å². The number of H-pyrrole nitrogens is 1. The van der Waals surface area contributed by atoms with Crippen molar-refractivity contribution in [1.82, 2.24) is 25.6 Å². The number of nitrogens with one attached hydrogen (secondary N) is 4. The van der Waals surface area contributed by atoms with E-state index in [1.807, 2.05) is 0 Å². The molecule has 0 aromatic carbocycles. The maximum Gasteiger partial charge on any atom is 0.272 e. The predicted molar refractivity (Wildman–Crippen MR) is 99.0 cm³/mol. The summed E-state index contributed by atoms with van der Waals surface area (Å²) in [5.41, 5.74) is 2.16. The predicted octanol–water partition coefficient (Wildman–Crippen LogP) is -0.304. The monoisotopic (exact) mass is 407 g/mol. The lowest BCUT2D eigenvalue weighted by Crippen LogP contribution is -2.39. The van der Waals surface area contributed by atoms with Crippen LogP contribution in [-0.2, 0) is 27.7 Å². The Morgan fingerprint density at radius 3 is 2.96 bits per heavy atom. The molecule has 1 aromatic heterocycles. The molecule has 148 valence electrons. The molecule has 1 unspecified atom stereocenters. The highest BCUT2D eigenvalue weighted by atomic mass is 35.5. The van der Waals surface area contributed by atoms with Crippen LogP contribution >= 0.6 is 12.4 Å². The number of amides is 1. The van der Waals surface area contributed by atoms with Gasteiger partial charge in [-0.25, -0.2) is 13.1 Å². The van der Waals surface area contributed by atoms with Gasteiger partial charge < -0.3 is 15.4 Å². The second-order valence-corrected chi connectivity index (χ2v) is 8.29. The Labute approximate surface area is 159 Å². The van der Waals surface area contributed by atoms with Gasteiger partial charge in [0.2, 0.25) is 10.0 Å². The van der Waals surface area contributed by atoms with E-state index in [2.05, 4.69) is 25.6 Å². The minimum Gasteiger partial charge on any atom is -0.377 e. The van der Waals surface area contributed by atoms with E-state index in [4.69, 9.17) is 4.74 Å². The van der Waals surface area contributed by atoms with Gasteiger partial charge in [0, 0.05) is 50.5 Å². The van der Waals surface area contributed by atoms with Gasteiger partial charge in [-0.2, -0.15) is 5.10 Å². The van der Waals surface area contributed by atoms with Crippen LogP contribution in [0.1, 0.15) is 41.0 Å². The van der Waals surface area contributed by atoms with E-state index in [1.54, 1.807) is 0 Å². The molecule has 26 heavy (non-hydrogen) atoms. The zero-order valence-corrected chi connectivity index (χ0v) is 16.2. The van der Waals surface area contributed by atoms with E-state index < -0.39 is 10.0 Å². The molecule has 1 atom stereocenters. The highest BCUT2D eigenvalue weighted by Crippen LogP contribution is 2.15. The number of aromatic amines is 1. The summed E-state index contributed by atoms with van der Waals surface area (Å²) in [7, 11) is -3.45. The van der Waals surface area contributed by atoms with Gasteiger partial charge in [-0.15, -0.1) is 12.4 Å². The van der Waals surface area contributed by atoms with Crippen LogP contribution in [0.3, 0.4) is 0 Å². The fraction of sp³-hybridized carbons (Fsp3) is 0.733. The van der Waals surface area contributed by atoms with Crippen molar-refractivity contribution in [2.24, 2.45) is 0 Å². The van der Waals surface area contributed by atoms with E-state index in [1.165, 1.54) is 0 Å². The molecule has 1 amide bonds. The first kappa shape index (κ1) is 21.1. The number of hydrogen-bond acceptors (Lipinski definition) is 6. The third-order valence-electron chi connectivity index (χ3n) is 4.48. The summed E-state index contributed by atoms with van der Waals surface area (Å²) < 4.78 is 32.1. The van der Waals surface area contributed by atoms with Gasteiger partial charge in [-0.05, 0) is 19.3 Å². The molecular formula is C15H26ClN5O4S. The Balaban J connectivity index is 0.00000243. The zero-order valence-electron chi connectivity index (χ0n) is 14.5. The number of carbonyl (C=O) groups excluding carboxylic acids is 1. The number of sulfonamides is 1. The van der Waals surface area contributed by atoms with Crippen molar-refractivity contribution in [3.05, 3.63) is 17.0 Å². The summed E-state index contributed by atoms with van der Waals surface area (Å²) in [5, 5.41) is 12.7. The standard InChI is InChI=1S/C15H25N5O4S.ClH/c21-15(14-12-10-16-5-4-13(12)19-20-14)17-6-8-25(22,23)18-9-11-3-1-2-7-24-11;/h11,16,18H,1-10H2,(H,17,21)(H,19,20);1H. The van der Waals surface area contributed by atoms with E-state index in [0.29, 0.717) is 18.8 Å². The topological polar surface area (TPSA) is 125 Å². The van der Waals surface area contributed by atoms with Crippen molar-refractivity contribution in [1.29, 1.82) is 0 Å². The van der Waals surface area contributed by atoms with Gasteiger partial charge in [-0.3, -0.25) is 9.89 Å². The van der Waals surface area contributed by atoms with Gasteiger partial charge in [0.1, 0.15) is 0 Å². The molecule has 4 N–H and O–H groups in total. The Hall–Kier alpha value is -1.20. The van der Waals surface area contributed by atoms with Crippen LogP contribution in [-0.4, -0.2) is 62.6 Å². The van der Waals surface area contributed by atoms with E-state index in [9.17, 15) is 13.2 Å². The van der Waals surface area contributed by atoms with Crippen molar-refractivity contribution in [3.8, 4) is 0 Å². The molecule has 3 rings (SSSR count). The second-order valence-electron chi connectivity index (χ2n) is 6.37. The molecule has 2 aliphatic rings. The summed E-state index contributed by atoms with van der Waals surface area (Å²) >= 11 is 0. The van der Waals surface area contributed by atoms with Crippen molar-refractivity contribution >= 4 is 28.3 Å². The number of hydrogen-bond donors (Lipinski definition) is 4. The molecule has 0 aliphatic carbocycles. The first-order valence-corrected chi connectivity index (χ1v) is 10.3. The molecule has 9 nitrogen and oxygen atoms in total. The fourth-order valence-electron chi connectivity index (χ4n) is 3.06. The van der Waals surface area contributed by atoms with Gasteiger partial charge in [0.15, 0.2) is 5.69 Å². The molecule has 0 saturated carbocycles. The largest absolute Gasteiger partial charge is 0.377 e. The van der Waals surface area contributed by atoms with E-state index >= 15 is 0 Å². The maximum atomic E-state index is 12.2. The van der Waals surface area contributed by atoms with Crippen LogP contribution in [0.4, 0.5) is 0 Å². The lowest BCUT2D eigenvalue weighted by atomic mass is 10.1. The number of fused-ring (bicyclic) bond motifs is 1.